The molecule has 3 aliphatic carbocycles. The highest BCUT2D eigenvalue weighted by Crippen LogP contribution is 2.53. The molecule has 4 atom stereocenters. The molecule has 194 valence electrons. The third-order valence-electron chi connectivity index (χ3n) is 7.69. The van der Waals surface area contributed by atoms with Crippen molar-refractivity contribution in [2.45, 2.75) is 24.5 Å². The SMILES string of the molecule is CNCCN(C)c1ccc(O)c2c1C[C@H]1C[C@H]3[C@@H](N(C)C)C(=O)C(C(N)=O)=C(O)[C@@]3(O)C(=O)C1=C2O. The van der Waals surface area contributed by atoms with Gasteiger partial charge in [0.15, 0.2) is 11.4 Å². The van der Waals surface area contributed by atoms with E-state index < -0.39 is 58.0 Å². The number of ketones is 2. The van der Waals surface area contributed by atoms with Crippen LogP contribution in [0.4, 0.5) is 5.69 Å². The van der Waals surface area contributed by atoms with Gasteiger partial charge in [-0.3, -0.25) is 19.3 Å². The van der Waals surface area contributed by atoms with Crippen molar-refractivity contribution in [1.82, 2.24) is 10.2 Å². The number of aliphatic hydroxyl groups is 3. The van der Waals surface area contributed by atoms with Gasteiger partial charge in [-0.15, -0.1) is 0 Å². The number of rotatable bonds is 6. The Bertz CT molecular complexity index is 1220. The van der Waals surface area contributed by atoms with Gasteiger partial charge in [0.2, 0.25) is 5.78 Å². The van der Waals surface area contributed by atoms with Gasteiger partial charge >= 0.3 is 0 Å². The van der Waals surface area contributed by atoms with Crippen LogP contribution in [0.15, 0.2) is 29.0 Å². The summed E-state index contributed by atoms with van der Waals surface area (Å²) in [5.74, 6) is -6.57. The number of primary amides is 1. The largest absolute Gasteiger partial charge is 0.508 e. The van der Waals surface area contributed by atoms with Gasteiger partial charge in [0, 0.05) is 37.3 Å². The van der Waals surface area contributed by atoms with Crippen LogP contribution in [-0.2, 0) is 20.8 Å². The third kappa shape index (κ3) is 3.49. The highest BCUT2D eigenvalue weighted by molar-refractivity contribution is 6.24. The Morgan fingerprint density at radius 1 is 1.19 bits per heavy atom. The van der Waals surface area contributed by atoms with Crippen molar-refractivity contribution in [3.8, 4) is 5.75 Å². The number of phenols is 1. The van der Waals surface area contributed by atoms with E-state index in [1.54, 1.807) is 20.2 Å². The zero-order valence-corrected chi connectivity index (χ0v) is 20.7. The van der Waals surface area contributed by atoms with Crippen LogP contribution in [0, 0.1) is 11.8 Å². The first-order valence-electron chi connectivity index (χ1n) is 11.7. The highest BCUT2D eigenvalue weighted by Gasteiger charge is 2.64. The maximum absolute atomic E-state index is 13.8. The molecule has 3 aliphatic rings. The van der Waals surface area contributed by atoms with E-state index in [0.717, 1.165) is 5.69 Å². The molecule has 0 aliphatic heterocycles. The maximum atomic E-state index is 13.8. The van der Waals surface area contributed by atoms with Crippen LogP contribution in [0.5, 0.6) is 5.75 Å². The Labute approximate surface area is 208 Å². The molecule has 1 amide bonds. The van der Waals surface area contributed by atoms with Crippen molar-refractivity contribution < 1.29 is 34.8 Å². The first-order valence-corrected chi connectivity index (χ1v) is 11.7. The molecule has 0 saturated heterocycles. The number of aliphatic hydroxyl groups excluding tert-OH is 2. The Morgan fingerprint density at radius 3 is 2.44 bits per heavy atom. The number of Topliss-reactive ketones (excluding diaryl/α,β-unsaturated/α-hetero) is 2. The number of aromatic hydroxyl groups is 1. The summed E-state index contributed by atoms with van der Waals surface area (Å²) in [5.41, 5.74) is 3.20. The second-order valence-corrected chi connectivity index (χ2v) is 9.94. The highest BCUT2D eigenvalue weighted by atomic mass is 16.3. The molecule has 11 heteroatoms. The molecule has 0 spiro atoms. The molecule has 0 heterocycles. The summed E-state index contributed by atoms with van der Waals surface area (Å²) in [4.78, 5) is 42.4. The van der Waals surface area contributed by atoms with Gasteiger partial charge in [-0.25, -0.2) is 0 Å². The number of nitrogens with one attached hydrogen (secondary N) is 1. The molecular weight excluding hydrogens is 468 g/mol. The molecular formula is C25H32N4O7. The summed E-state index contributed by atoms with van der Waals surface area (Å²) >= 11 is 0. The van der Waals surface area contributed by atoms with Crippen LogP contribution < -0.4 is 16.0 Å². The Kier molecular flexibility index (Phi) is 6.36. The fourth-order valence-corrected chi connectivity index (χ4v) is 5.99. The van der Waals surface area contributed by atoms with Gasteiger partial charge < -0.3 is 36.4 Å². The van der Waals surface area contributed by atoms with E-state index in [0.29, 0.717) is 18.7 Å². The normalized spacial score (nSPS) is 27.7. The first kappa shape index (κ1) is 25.7. The standard InChI is InChI=1S/C25H32N4O7/c1-27-7-8-29(4)14-5-6-15(30)17-12(14)9-11-10-13-19(28(2)3)21(32)18(24(26)35)23(34)25(13,36)22(33)16(11)20(17)31/h5-6,11,13,19,27,30-31,34,36H,7-10H2,1-4H3,(H2,26,35)/t11-,13-,19+,25-/m0/s1. The van der Waals surface area contributed by atoms with Gasteiger partial charge in [0.1, 0.15) is 22.8 Å². The molecule has 11 nitrogen and oxygen atoms in total. The minimum atomic E-state index is -2.64. The summed E-state index contributed by atoms with van der Waals surface area (Å²) < 4.78 is 0. The second kappa shape index (κ2) is 8.91. The average Bonchev–Trinajstić information content (AvgIpc) is 2.79. The molecule has 1 fully saturated rings. The lowest BCUT2D eigenvalue weighted by Crippen LogP contribution is -2.65. The van der Waals surface area contributed by atoms with Crippen molar-refractivity contribution in [3.05, 3.63) is 40.2 Å². The van der Waals surface area contributed by atoms with Gasteiger partial charge in [0.25, 0.3) is 5.91 Å². The van der Waals surface area contributed by atoms with Gasteiger partial charge in [0.05, 0.1) is 11.6 Å². The lowest BCUT2D eigenvalue weighted by atomic mass is 9.57. The van der Waals surface area contributed by atoms with E-state index in [1.807, 2.05) is 19.0 Å². The van der Waals surface area contributed by atoms with Crippen LogP contribution >= 0.6 is 0 Å². The number of benzene rings is 1. The number of hydrogen-bond acceptors (Lipinski definition) is 10. The van der Waals surface area contributed by atoms with Crippen LogP contribution in [0.3, 0.4) is 0 Å². The molecule has 1 aromatic rings. The molecule has 0 bridgehead atoms. The fraction of sp³-hybridized carbons (Fsp3) is 0.480. The Balaban J connectivity index is 1.93. The summed E-state index contributed by atoms with van der Waals surface area (Å²) in [7, 11) is 6.84. The minimum Gasteiger partial charge on any atom is -0.508 e. The number of carbonyl (C=O) groups is 3. The molecule has 4 rings (SSSR count). The first-order chi connectivity index (χ1) is 16.9. The van der Waals surface area contributed by atoms with Crippen molar-refractivity contribution in [2.24, 2.45) is 17.6 Å². The lowest BCUT2D eigenvalue weighted by Gasteiger charge is -2.50. The smallest absolute Gasteiger partial charge is 0.255 e. The molecule has 36 heavy (non-hydrogen) atoms. The van der Waals surface area contributed by atoms with Crippen LogP contribution in [-0.4, -0.2) is 95.7 Å². The van der Waals surface area contributed by atoms with E-state index in [1.165, 1.54) is 11.0 Å². The lowest BCUT2D eigenvalue weighted by molar-refractivity contribution is -0.153. The number of fused-ring (bicyclic) bond motifs is 3. The van der Waals surface area contributed by atoms with Crippen molar-refractivity contribution in [2.75, 3.05) is 46.2 Å². The summed E-state index contributed by atoms with van der Waals surface area (Å²) in [6, 6.07) is 2.06. The van der Waals surface area contributed by atoms with E-state index in [2.05, 4.69) is 5.32 Å². The number of phenolic OH excluding ortho intramolecular Hbond substituents is 1. The van der Waals surface area contributed by atoms with Gasteiger partial charge in [-0.05, 0) is 57.6 Å². The monoisotopic (exact) mass is 500 g/mol. The number of nitrogens with two attached hydrogens (primary N) is 1. The quantitative estimate of drug-likeness (QED) is 0.282. The zero-order chi connectivity index (χ0) is 26.7. The van der Waals surface area contributed by atoms with E-state index in [4.69, 9.17) is 5.73 Å². The van der Waals surface area contributed by atoms with Gasteiger partial charge in [-0.1, -0.05) is 0 Å². The average molecular weight is 501 g/mol. The van der Waals surface area contributed by atoms with Crippen LogP contribution in [0.2, 0.25) is 0 Å². The Morgan fingerprint density at radius 2 is 1.86 bits per heavy atom. The predicted octanol–water partition coefficient (Wildman–Crippen LogP) is -0.380. The van der Waals surface area contributed by atoms with Crippen molar-refractivity contribution in [1.29, 1.82) is 0 Å². The number of amides is 1. The van der Waals surface area contributed by atoms with Crippen LogP contribution in [0.1, 0.15) is 17.5 Å². The number of likely N-dealkylation sites (N-methyl/N-ethyl adjacent to an activating group) is 3. The Hall–Kier alpha value is -3.41. The number of anilines is 1. The summed E-state index contributed by atoms with van der Waals surface area (Å²) in [6.07, 6.45) is 0.309. The number of nitrogens with zero attached hydrogens (tertiary/aromatic N) is 2. The number of hydrogen-bond donors (Lipinski definition) is 6. The fourth-order valence-electron chi connectivity index (χ4n) is 5.99. The van der Waals surface area contributed by atoms with Gasteiger partial charge in [-0.2, -0.15) is 0 Å². The maximum Gasteiger partial charge on any atom is 0.255 e. The zero-order valence-electron chi connectivity index (χ0n) is 20.7. The van der Waals surface area contributed by atoms with Crippen molar-refractivity contribution in [3.63, 3.8) is 0 Å². The van der Waals surface area contributed by atoms with Crippen LogP contribution in [0.25, 0.3) is 5.76 Å². The third-order valence-corrected chi connectivity index (χ3v) is 7.69. The molecule has 1 saturated carbocycles. The number of carbonyl (C=O) groups excluding carboxylic acids is 3. The molecule has 0 aromatic heterocycles. The van der Waals surface area contributed by atoms with E-state index in [9.17, 15) is 34.8 Å². The summed E-state index contributed by atoms with van der Waals surface area (Å²) in [6.45, 7) is 1.33. The van der Waals surface area contributed by atoms with E-state index in [-0.39, 0.29) is 29.7 Å². The molecule has 1 aromatic carbocycles. The van der Waals surface area contributed by atoms with E-state index >= 15 is 0 Å². The molecule has 0 radical (unpaired) electrons. The molecule has 0 unspecified atom stereocenters. The second-order valence-electron chi connectivity index (χ2n) is 9.94. The summed E-state index contributed by atoms with van der Waals surface area (Å²) in [5, 5.41) is 47.5. The predicted molar refractivity (Wildman–Crippen MR) is 131 cm³/mol. The minimum absolute atomic E-state index is 0.0566. The molecule has 7 N–H and O–H groups in total. The topological polar surface area (TPSA) is 177 Å². The van der Waals surface area contributed by atoms with Crippen molar-refractivity contribution >= 4 is 28.9 Å².